The lowest BCUT2D eigenvalue weighted by atomic mass is 10.1. The topological polar surface area (TPSA) is 98.1 Å². The molecule has 166 valence electrons. The molecule has 4 rings (SSSR count). The molecule has 1 saturated heterocycles. The Morgan fingerprint density at radius 2 is 1.97 bits per heavy atom. The van der Waals surface area contributed by atoms with Gasteiger partial charge in [0.2, 0.25) is 0 Å². The molecule has 0 aliphatic carbocycles. The average Bonchev–Trinajstić information content (AvgIpc) is 3.47. The largest absolute Gasteiger partial charge is 0.416 e. The van der Waals surface area contributed by atoms with Gasteiger partial charge in [0.15, 0.2) is 0 Å². The van der Waals surface area contributed by atoms with Crippen LogP contribution in [-0.2, 0) is 15.7 Å². The van der Waals surface area contributed by atoms with E-state index in [1.165, 1.54) is 35.5 Å². The Labute approximate surface area is 180 Å². The van der Waals surface area contributed by atoms with Gasteiger partial charge in [-0.1, -0.05) is 6.07 Å². The zero-order valence-corrected chi connectivity index (χ0v) is 16.6. The number of anilines is 2. The van der Waals surface area contributed by atoms with Crippen molar-refractivity contribution >= 4 is 23.2 Å². The van der Waals surface area contributed by atoms with Gasteiger partial charge in [0.25, 0.3) is 11.8 Å². The number of carbonyl (C=O) groups is 2. The lowest BCUT2D eigenvalue weighted by molar-refractivity contribution is -0.137. The highest BCUT2D eigenvalue weighted by molar-refractivity contribution is 6.06. The van der Waals surface area contributed by atoms with Gasteiger partial charge in [0.1, 0.15) is 18.8 Å². The summed E-state index contributed by atoms with van der Waals surface area (Å²) in [4.78, 5) is 28.8. The quantitative estimate of drug-likeness (QED) is 0.625. The molecule has 1 aliphatic rings. The predicted octanol–water partition coefficient (Wildman–Crippen LogP) is 3.66. The van der Waals surface area contributed by atoms with Gasteiger partial charge < -0.3 is 15.4 Å². The molecule has 2 heterocycles. The summed E-state index contributed by atoms with van der Waals surface area (Å²) in [6.45, 7) is 0.519. The minimum absolute atomic E-state index is 0.0934. The second kappa shape index (κ2) is 8.79. The van der Waals surface area contributed by atoms with Gasteiger partial charge in [-0.2, -0.15) is 18.3 Å². The van der Waals surface area contributed by atoms with Crippen molar-refractivity contribution in [3.63, 3.8) is 0 Å². The SMILES string of the molecule is O=C(Nc1cc(C(F)(F)F)ccc1-n1cncn1)c1cccc(NC(=O)C2CCCO2)c1. The molecule has 2 aromatic carbocycles. The third kappa shape index (κ3) is 4.78. The summed E-state index contributed by atoms with van der Waals surface area (Å²) in [6.07, 6.45) is -1.18. The third-order valence-corrected chi connectivity index (χ3v) is 4.85. The van der Waals surface area contributed by atoms with Gasteiger partial charge in [-0.3, -0.25) is 9.59 Å². The van der Waals surface area contributed by atoms with Gasteiger partial charge in [-0.25, -0.2) is 9.67 Å². The molecule has 11 heteroatoms. The van der Waals surface area contributed by atoms with Crippen LogP contribution in [-0.4, -0.2) is 39.3 Å². The van der Waals surface area contributed by atoms with E-state index in [9.17, 15) is 22.8 Å². The van der Waals surface area contributed by atoms with E-state index in [0.717, 1.165) is 18.6 Å². The Kier molecular flexibility index (Phi) is 5.91. The Morgan fingerprint density at radius 3 is 2.66 bits per heavy atom. The first kappa shape index (κ1) is 21.5. The van der Waals surface area contributed by atoms with Crippen molar-refractivity contribution in [1.29, 1.82) is 0 Å². The number of alkyl halides is 3. The summed E-state index contributed by atoms with van der Waals surface area (Å²) < 4.78 is 46.2. The van der Waals surface area contributed by atoms with Crippen LogP contribution >= 0.6 is 0 Å². The summed E-state index contributed by atoms with van der Waals surface area (Å²) in [6, 6.07) is 9.02. The van der Waals surface area contributed by atoms with Gasteiger partial charge in [-0.15, -0.1) is 0 Å². The van der Waals surface area contributed by atoms with Crippen LogP contribution in [0.4, 0.5) is 24.5 Å². The highest BCUT2D eigenvalue weighted by Gasteiger charge is 2.31. The van der Waals surface area contributed by atoms with Crippen molar-refractivity contribution < 1.29 is 27.5 Å². The van der Waals surface area contributed by atoms with E-state index in [1.807, 2.05) is 0 Å². The molecule has 0 saturated carbocycles. The summed E-state index contributed by atoms with van der Waals surface area (Å²) in [5.74, 6) is -0.967. The number of hydrogen-bond acceptors (Lipinski definition) is 5. The molecule has 1 fully saturated rings. The minimum atomic E-state index is -4.59. The normalized spacial score (nSPS) is 16.0. The maximum atomic E-state index is 13.2. The Bertz CT molecular complexity index is 1130. The average molecular weight is 445 g/mol. The summed E-state index contributed by atoms with van der Waals surface area (Å²) >= 11 is 0. The highest BCUT2D eigenvalue weighted by atomic mass is 19.4. The van der Waals surface area contributed by atoms with Gasteiger partial charge >= 0.3 is 6.18 Å². The van der Waals surface area contributed by atoms with Crippen LogP contribution in [0.25, 0.3) is 5.69 Å². The second-order valence-electron chi connectivity index (χ2n) is 7.10. The Balaban J connectivity index is 1.57. The van der Waals surface area contributed by atoms with Crippen LogP contribution in [0, 0.1) is 0 Å². The van der Waals surface area contributed by atoms with E-state index in [-0.39, 0.29) is 22.8 Å². The van der Waals surface area contributed by atoms with E-state index < -0.39 is 23.8 Å². The lowest BCUT2D eigenvalue weighted by Crippen LogP contribution is -2.27. The second-order valence-corrected chi connectivity index (χ2v) is 7.10. The first-order valence-corrected chi connectivity index (χ1v) is 9.71. The first-order valence-electron chi connectivity index (χ1n) is 9.71. The fraction of sp³-hybridized carbons (Fsp3) is 0.238. The van der Waals surface area contributed by atoms with E-state index in [4.69, 9.17) is 4.74 Å². The van der Waals surface area contributed by atoms with Crippen LogP contribution in [0.3, 0.4) is 0 Å². The van der Waals surface area contributed by atoms with Gasteiger partial charge in [-0.05, 0) is 49.2 Å². The van der Waals surface area contributed by atoms with Crippen LogP contribution < -0.4 is 10.6 Å². The molecule has 1 aromatic heterocycles. The van der Waals surface area contributed by atoms with Crippen LogP contribution in [0.5, 0.6) is 0 Å². The smallest absolute Gasteiger partial charge is 0.368 e. The van der Waals surface area contributed by atoms with Crippen LogP contribution in [0.15, 0.2) is 55.1 Å². The third-order valence-electron chi connectivity index (χ3n) is 4.85. The Morgan fingerprint density at radius 1 is 1.12 bits per heavy atom. The first-order chi connectivity index (χ1) is 15.3. The van der Waals surface area contributed by atoms with Gasteiger partial charge in [0.05, 0.1) is 16.9 Å². The number of carbonyl (C=O) groups excluding carboxylic acids is 2. The predicted molar refractivity (Wildman–Crippen MR) is 108 cm³/mol. The zero-order chi connectivity index (χ0) is 22.7. The van der Waals surface area contributed by atoms with Crippen molar-refractivity contribution in [1.82, 2.24) is 14.8 Å². The van der Waals surface area contributed by atoms with Crippen LogP contribution in [0.1, 0.15) is 28.8 Å². The fourth-order valence-corrected chi connectivity index (χ4v) is 3.28. The number of nitrogens with one attached hydrogen (secondary N) is 2. The number of rotatable bonds is 5. The lowest BCUT2D eigenvalue weighted by Gasteiger charge is -2.15. The molecule has 0 spiro atoms. The zero-order valence-electron chi connectivity index (χ0n) is 16.6. The molecule has 1 atom stereocenters. The molecular weight excluding hydrogens is 427 g/mol. The van der Waals surface area contributed by atoms with Crippen molar-refractivity contribution in [3.8, 4) is 5.69 Å². The molecule has 2 amide bonds. The molecule has 1 unspecified atom stereocenters. The van der Waals surface area contributed by atoms with E-state index in [0.29, 0.717) is 18.7 Å². The van der Waals surface area contributed by atoms with E-state index in [2.05, 4.69) is 20.7 Å². The number of benzene rings is 2. The number of nitrogens with zero attached hydrogens (tertiary/aromatic N) is 3. The standard InChI is InChI=1S/C21H18F3N5O3/c22-21(23,24)14-6-7-17(29-12-25-11-26-29)16(10-14)28-19(30)13-3-1-4-15(9-13)27-20(31)18-5-2-8-32-18/h1,3-4,6-7,9-12,18H,2,5,8H2,(H,27,31)(H,28,30). The number of halogens is 3. The van der Waals surface area contributed by atoms with Crippen LogP contribution in [0.2, 0.25) is 0 Å². The van der Waals surface area contributed by atoms with E-state index in [1.54, 1.807) is 12.1 Å². The Hall–Kier alpha value is -3.73. The molecule has 2 N–H and O–H groups in total. The summed E-state index contributed by atoms with van der Waals surface area (Å²) in [5.41, 5.74) is -0.277. The molecule has 32 heavy (non-hydrogen) atoms. The van der Waals surface area contributed by atoms with Crippen molar-refractivity contribution in [2.75, 3.05) is 17.2 Å². The number of aromatic nitrogens is 3. The molecule has 8 nitrogen and oxygen atoms in total. The molecule has 0 radical (unpaired) electrons. The maximum Gasteiger partial charge on any atom is 0.416 e. The monoisotopic (exact) mass is 445 g/mol. The molecular formula is C21H18F3N5O3. The minimum Gasteiger partial charge on any atom is -0.368 e. The summed E-state index contributed by atoms with van der Waals surface area (Å²) in [7, 11) is 0. The summed E-state index contributed by atoms with van der Waals surface area (Å²) in [5, 5.41) is 9.11. The van der Waals surface area contributed by atoms with Crippen molar-refractivity contribution in [2.45, 2.75) is 25.1 Å². The highest BCUT2D eigenvalue weighted by Crippen LogP contribution is 2.33. The van der Waals surface area contributed by atoms with E-state index >= 15 is 0 Å². The molecule has 1 aliphatic heterocycles. The van der Waals surface area contributed by atoms with Crippen molar-refractivity contribution in [3.05, 3.63) is 66.2 Å². The number of ether oxygens (including phenoxy) is 1. The molecule has 3 aromatic rings. The van der Waals surface area contributed by atoms with Crippen molar-refractivity contribution in [2.24, 2.45) is 0 Å². The fourth-order valence-electron chi connectivity index (χ4n) is 3.28. The maximum absolute atomic E-state index is 13.2. The van der Waals surface area contributed by atoms with Gasteiger partial charge in [0, 0.05) is 17.9 Å². The number of hydrogen-bond donors (Lipinski definition) is 2. The number of amides is 2. The molecule has 0 bridgehead atoms.